The molecule has 2 saturated carbocycles. The smallest absolute Gasteiger partial charge is 0.0808 e. The maximum absolute atomic E-state index is 4.89. The number of hydrogen-bond acceptors (Lipinski definition) is 2. The van der Waals surface area contributed by atoms with Crippen LogP contribution in [0.5, 0.6) is 0 Å². The van der Waals surface area contributed by atoms with Gasteiger partial charge in [-0.05, 0) is 87.7 Å². The molecular formula is C21H32N2. The van der Waals surface area contributed by atoms with Crippen LogP contribution in [0.2, 0.25) is 0 Å². The molecule has 0 aromatic carbocycles. The van der Waals surface area contributed by atoms with Gasteiger partial charge in [-0.3, -0.25) is 9.98 Å². The lowest BCUT2D eigenvalue weighted by atomic mass is 9.57. The molecule has 0 N–H and O–H groups in total. The molecule has 1 aromatic rings. The molecule has 2 nitrogen and oxygen atoms in total. The van der Waals surface area contributed by atoms with E-state index in [0.29, 0.717) is 5.41 Å². The first-order valence-corrected chi connectivity index (χ1v) is 9.30. The summed E-state index contributed by atoms with van der Waals surface area (Å²) in [6.45, 7) is 9.53. The van der Waals surface area contributed by atoms with E-state index in [1.807, 2.05) is 30.6 Å². The van der Waals surface area contributed by atoms with Gasteiger partial charge in [0.2, 0.25) is 0 Å². The number of aromatic nitrogens is 1. The van der Waals surface area contributed by atoms with Gasteiger partial charge in [0.15, 0.2) is 0 Å². The molecule has 2 atom stereocenters. The number of pyridine rings is 1. The van der Waals surface area contributed by atoms with Gasteiger partial charge in [-0.2, -0.15) is 0 Å². The summed E-state index contributed by atoms with van der Waals surface area (Å²) < 4.78 is 0. The summed E-state index contributed by atoms with van der Waals surface area (Å²) in [5, 5.41) is 0. The van der Waals surface area contributed by atoms with Crippen molar-refractivity contribution in [3.8, 4) is 0 Å². The number of hydrogen-bond donors (Lipinski definition) is 0. The molecule has 0 aliphatic heterocycles. The largest absolute Gasteiger partial charge is 0.285 e. The van der Waals surface area contributed by atoms with Crippen LogP contribution in [0.4, 0.5) is 0 Å². The van der Waals surface area contributed by atoms with Gasteiger partial charge >= 0.3 is 0 Å². The molecule has 2 unspecified atom stereocenters. The highest BCUT2D eigenvalue weighted by Crippen LogP contribution is 2.53. The van der Waals surface area contributed by atoms with E-state index < -0.39 is 0 Å². The second kappa shape index (κ2) is 6.37. The van der Waals surface area contributed by atoms with E-state index in [1.54, 1.807) is 0 Å². The van der Waals surface area contributed by atoms with E-state index >= 15 is 0 Å². The fourth-order valence-corrected chi connectivity index (χ4v) is 5.64. The topological polar surface area (TPSA) is 25.2 Å². The summed E-state index contributed by atoms with van der Waals surface area (Å²) in [6.07, 6.45) is 12.1. The lowest BCUT2D eigenvalue weighted by Crippen LogP contribution is -2.39. The molecule has 2 heteroatoms. The molecule has 2 fully saturated rings. The van der Waals surface area contributed by atoms with E-state index in [1.165, 1.54) is 38.5 Å². The van der Waals surface area contributed by atoms with Crippen LogP contribution in [-0.2, 0) is 0 Å². The van der Waals surface area contributed by atoms with Crippen LogP contribution in [0.3, 0.4) is 0 Å². The zero-order valence-corrected chi connectivity index (χ0v) is 15.3. The molecule has 3 rings (SSSR count). The Bertz CT molecular complexity index is 528. The summed E-state index contributed by atoms with van der Waals surface area (Å²) in [4.78, 5) is 9.24. The van der Waals surface area contributed by atoms with Crippen LogP contribution < -0.4 is 0 Å². The summed E-state index contributed by atoms with van der Waals surface area (Å²) in [7, 11) is 0. The molecule has 126 valence electrons. The Labute approximate surface area is 141 Å². The first-order valence-electron chi connectivity index (χ1n) is 9.30. The molecule has 2 aliphatic carbocycles. The Morgan fingerprint density at radius 1 is 1.22 bits per heavy atom. The molecule has 2 bridgehead atoms. The van der Waals surface area contributed by atoms with Crippen LogP contribution in [0, 0.1) is 23.2 Å². The summed E-state index contributed by atoms with van der Waals surface area (Å²) in [6, 6.07) is 5.99. The standard InChI is InChI=1S/C21H32N2/c1-16-9-17-11-18(10-16)13-21(4,12-17)15-20(2,3)23-14-19-7-5-6-8-22-19/h5-8,14,16-18H,9-13,15H2,1-4H3. The third kappa shape index (κ3) is 4.43. The van der Waals surface area contributed by atoms with Crippen molar-refractivity contribution in [1.82, 2.24) is 4.98 Å². The summed E-state index contributed by atoms with van der Waals surface area (Å²) >= 11 is 0. The number of fused-ring (bicyclic) bond motifs is 2. The Balaban J connectivity index is 1.66. The quantitative estimate of drug-likeness (QED) is 0.672. The number of nitrogens with zero attached hydrogens (tertiary/aromatic N) is 2. The van der Waals surface area contributed by atoms with Crippen LogP contribution in [0.15, 0.2) is 29.4 Å². The van der Waals surface area contributed by atoms with Gasteiger partial charge in [-0.1, -0.05) is 19.9 Å². The highest BCUT2D eigenvalue weighted by atomic mass is 14.8. The van der Waals surface area contributed by atoms with E-state index in [4.69, 9.17) is 4.99 Å². The highest BCUT2D eigenvalue weighted by molar-refractivity contribution is 5.77. The molecular weight excluding hydrogens is 280 g/mol. The lowest BCUT2D eigenvalue weighted by molar-refractivity contribution is 0.0298. The van der Waals surface area contributed by atoms with Crippen LogP contribution in [0.1, 0.15) is 71.9 Å². The zero-order chi connectivity index (χ0) is 16.5. The molecule has 0 saturated heterocycles. The predicted octanol–water partition coefficient (Wildman–Crippen LogP) is 5.52. The normalized spacial score (nSPS) is 34.7. The number of rotatable bonds is 4. The number of aliphatic imine (C=N–C) groups is 1. The van der Waals surface area contributed by atoms with Crippen molar-refractivity contribution in [3.63, 3.8) is 0 Å². The molecule has 1 aromatic heterocycles. The first-order chi connectivity index (χ1) is 10.8. The second-order valence-electron chi connectivity index (χ2n) is 9.27. The van der Waals surface area contributed by atoms with Gasteiger partial charge in [-0.25, -0.2) is 0 Å². The van der Waals surface area contributed by atoms with Crippen molar-refractivity contribution in [1.29, 1.82) is 0 Å². The van der Waals surface area contributed by atoms with Crippen molar-refractivity contribution < 1.29 is 0 Å². The van der Waals surface area contributed by atoms with E-state index in [9.17, 15) is 0 Å². The van der Waals surface area contributed by atoms with Crippen LogP contribution in [0.25, 0.3) is 0 Å². The average molecular weight is 313 g/mol. The minimum Gasteiger partial charge on any atom is -0.285 e. The van der Waals surface area contributed by atoms with Crippen LogP contribution in [-0.4, -0.2) is 16.7 Å². The Morgan fingerprint density at radius 3 is 2.52 bits per heavy atom. The maximum atomic E-state index is 4.89. The van der Waals surface area contributed by atoms with Crippen molar-refractivity contribution in [2.24, 2.45) is 28.2 Å². The van der Waals surface area contributed by atoms with E-state index in [-0.39, 0.29) is 5.54 Å². The molecule has 23 heavy (non-hydrogen) atoms. The fraction of sp³-hybridized carbons (Fsp3) is 0.714. The molecule has 1 heterocycles. The minimum atomic E-state index is -0.0104. The zero-order valence-electron chi connectivity index (χ0n) is 15.3. The van der Waals surface area contributed by atoms with Crippen LogP contribution >= 0.6 is 0 Å². The van der Waals surface area contributed by atoms with Gasteiger partial charge in [0, 0.05) is 12.4 Å². The second-order valence-corrected chi connectivity index (χ2v) is 9.27. The summed E-state index contributed by atoms with van der Waals surface area (Å²) in [5.74, 6) is 2.86. The van der Waals surface area contributed by atoms with Crippen molar-refractivity contribution in [2.75, 3.05) is 0 Å². The molecule has 0 amide bonds. The third-order valence-corrected chi connectivity index (χ3v) is 5.79. The maximum Gasteiger partial charge on any atom is 0.0808 e. The lowest BCUT2D eigenvalue weighted by Gasteiger charge is -2.49. The third-order valence-electron chi connectivity index (χ3n) is 5.79. The minimum absolute atomic E-state index is 0.0104. The highest BCUT2D eigenvalue weighted by Gasteiger charge is 2.43. The SMILES string of the molecule is CC1CC2CC(C1)CC(C)(CC(C)(C)N=Cc1ccccn1)C2. The van der Waals surface area contributed by atoms with Gasteiger partial charge in [0.05, 0.1) is 11.2 Å². The van der Waals surface area contributed by atoms with Gasteiger partial charge in [-0.15, -0.1) is 0 Å². The fourth-order valence-electron chi connectivity index (χ4n) is 5.64. The predicted molar refractivity (Wildman–Crippen MR) is 97.9 cm³/mol. The van der Waals surface area contributed by atoms with Crippen molar-refractivity contribution in [2.45, 2.75) is 71.8 Å². The molecule has 2 aliphatic rings. The Morgan fingerprint density at radius 2 is 1.91 bits per heavy atom. The van der Waals surface area contributed by atoms with Crippen molar-refractivity contribution in [3.05, 3.63) is 30.1 Å². The van der Waals surface area contributed by atoms with Gasteiger partial charge in [0.25, 0.3) is 0 Å². The molecule has 0 radical (unpaired) electrons. The Hall–Kier alpha value is -1.18. The van der Waals surface area contributed by atoms with E-state index in [2.05, 4.69) is 32.7 Å². The van der Waals surface area contributed by atoms with Gasteiger partial charge in [0.1, 0.15) is 0 Å². The first kappa shape index (κ1) is 16.7. The summed E-state index contributed by atoms with van der Waals surface area (Å²) in [5.41, 5.74) is 1.41. The van der Waals surface area contributed by atoms with E-state index in [0.717, 1.165) is 23.4 Å². The van der Waals surface area contributed by atoms with Crippen molar-refractivity contribution >= 4 is 6.21 Å². The Kier molecular flexibility index (Phi) is 4.62. The molecule has 0 spiro atoms. The monoisotopic (exact) mass is 312 g/mol. The van der Waals surface area contributed by atoms with Gasteiger partial charge < -0.3 is 0 Å². The average Bonchev–Trinajstić information content (AvgIpc) is 2.43.